The number of hydrogen-bond donors (Lipinski definition) is 2. The van der Waals surface area contributed by atoms with Crippen LogP contribution in [-0.2, 0) is 17.8 Å². The molecular weight excluding hydrogens is 364 g/mol. The molecule has 1 aliphatic rings. The van der Waals surface area contributed by atoms with Crippen molar-refractivity contribution >= 4 is 45.7 Å². The maximum absolute atomic E-state index is 12.7. The van der Waals surface area contributed by atoms with Gasteiger partial charge in [0.15, 0.2) is 5.78 Å². The van der Waals surface area contributed by atoms with Gasteiger partial charge < -0.3 is 15.2 Å². The predicted octanol–water partition coefficient (Wildman–Crippen LogP) is 2.39. The van der Waals surface area contributed by atoms with Gasteiger partial charge in [-0.15, -0.1) is 11.3 Å². The lowest BCUT2D eigenvalue weighted by molar-refractivity contribution is -0.111. The van der Waals surface area contributed by atoms with Crippen LogP contribution in [0.15, 0.2) is 42.3 Å². The molecule has 2 aromatic heterocycles. The zero-order valence-corrected chi connectivity index (χ0v) is 15.1. The number of thiazole rings is 1. The first-order valence-corrected chi connectivity index (χ1v) is 9.25. The molecule has 0 saturated carbocycles. The number of anilines is 1. The molecular formula is C19H16N4O3S. The monoisotopic (exact) mass is 380 g/mol. The summed E-state index contributed by atoms with van der Waals surface area (Å²) in [5, 5.41) is 8.64. The van der Waals surface area contributed by atoms with E-state index in [4.69, 9.17) is 0 Å². The van der Waals surface area contributed by atoms with Gasteiger partial charge in [-0.05, 0) is 18.2 Å². The summed E-state index contributed by atoms with van der Waals surface area (Å²) in [6.07, 6.45) is 1.31. The van der Waals surface area contributed by atoms with Crippen molar-refractivity contribution in [1.29, 1.82) is 0 Å². The van der Waals surface area contributed by atoms with Crippen LogP contribution in [-0.4, -0.2) is 33.7 Å². The van der Waals surface area contributed by atoms with Crippen LogP contribution in [0.1, 0.15) is 25.9 Å². The molecule has 3 aromatic rings. The molecule has 2 amide bonds. The summed E-state index contributed by atoms with van der Waals surface area (Å²) in [6, 6.07) is 7.29. The Morgan fingerprint density at radius 2 is 2.22 bits per heavy atom. The normalized spacial score (nSPS) is 13.1. The van der Waals surface area contributed by atoms with Crippen LogP contribution in [0.4, 0.5) is 5.82 Å². The molecule has 7 nitrogen and oxygen atoms in total. The average molecular weight is 380 g/mol. The minimum absolute atomic E-state index is 0.0661. The van der Waals surface area contributed by atoms with Crippen molar-refractivity contribution in [2.75, 3.05) is 11.9 Å². The fourth-order valence-electron chi connectivity index (χ4n) is 3.09. The summed E-state index contributed by atoms with van der Waals surface area (Å²) in [5.41, 5.74) is 2.06. The SMILES string of the molecule is C=CC(=O)Nc1csc(CC(=O)c2ccc3cc4n(c3c2)CCNC4=O)n1. The van der Waals surface area contributed by atoms with Crippen LogP contribution >= 0.6 is 11.3 Å². The van der Waals surface area contributed by atoms with Crippen molar-refractivity contribution in [3.05, 3.63) is 58.6 Å². The van der Waals surface area contributed by atoms with E-state index >= 15 is 0 Å². The second-order valence-electron chi connectivity index (χ2n) is 6.13. The van der Waals surface area contributed by atoms with Crippen LogP contribution < -0.4 is 10.6 Å². The van der Waals surface area contributed by atoms with E-state index in [9.17, 15) is 14.4 Å². The zero-order chi connectivity index (χ0) is 19.0. The number of nitrogens with zero attached hydrogens (tertiary/aromatic N) is 2. The van der Waals surface area contributed by atoms with Gasteiger partial charge in [-0.1, -0.05) is 18.7 Å². The molecule has 4 rings (SSSR count). The highest BCUT2D eigenvalue weighted by Crippen LogP contribution is 2.24. The van der Waals surface area contributed by atoms with Gasteiger partial charge in [-0.2, -0.15) is 0 Å². The maximum atomic E-state index is 12.7. The summed E-state index contributed by atoms with van der Waals surface area (Å²) < 4.78 is 1.94. The number of nitrogens with one attached hydrogen (secondary N) is 2. The number of fused-ring (bicyclic) bond motifs is 3. The molecule has 0 saturated heterocycles. The predicted molar refractivity (Wildman–Crippen MR) is 103 cm³/mol. The van der Waals surface area contributed by atoms with Crippen LogP contribution in [0.25, 0.3) is 10.9 Å². The fourth-order valence-corrected chi connectivity index (χ4v) is 3.82. The summed E-state index contributed by atoms with van der Waals surface area (Å²) >= 11 is 1.31. The van der Waals surface area contributed by atoms with Crippen LogP contribution in [0, 0.1) is 0 Å². The highest BCUT2D eigenvalue weighted by atomic mass is 32.1. The molecule has 0 bridgehead atoms. The average Bonchev–Trinajstić information content (AvgIpc) is 3.26. The second-order valence-corrected chi connectivity index (χ2v) is 7.07. The Morgan fingerprint density at radius 1 is 1.37 bits per heavy atom. The highest BCUT2D eigenvalue weighted by Gasteiger charge is 2.20. The molecule has 1 aliphatic heterocycles. The third kappa shape index (κ3) is 3.26. The van der Waals surface area contributed by atoms with Gasteiger partial charge in [0.2, 0.25) is 5.91 Å². The van der Waals surface area contributed by atoms with E-state index in [1.165, 1.54) is 11.3 Å². The van der Waals surface area contributed by atoms with Gasteiger partial charge in [0.1, 0.15) is 16.5 Å². The molecule has 136 valence electrons. The van der Waals surface area contributed by atoms with Gasteiger partial charge in [0.25, 0.3) is 5.91 Å². The van der Waals surface area contributed by atoms with Crippen molar-refractivity contribution < 1.29 is 14.4 Å². The third-order valence-corrected chi connectivity index (χ3v) is 5.23. The Bertz CT molecular complexity index is 1100. The van der Waals surface area contributed by atoms with Gasteiger partial charge in [0.05, 0.1) is 6.42 Å². The summed E-state index contributed by atoms with van der Waals surface area (Å²) in [5.74, 6) is -0.0913. The topological polar surface area (TPSA) is 93.1 Å². The van der Waals surface area contributed by atoms with Crippen LogP contribution in [0.3, 0.4) is 0 Å². The van der Waals surface area contributed by atoms with Gasteiger partial charge in [-0.3, -0.25) is 14.4 Å². The quantitative estimate of drug-likeness (QED) is 0.525. The highest BCUT2D eigenvalue weighted by molar-refractivity contribution is 7.10. The van der Waals surface area contributed by atoms with Crippen LogP contribution in [0.2, 0.25) is 0 Å². The fraction of sp³-hybridized carbons (Fsp3) is 0.158. The Morgan fingerprint density at radius 3 is 3.04 bits per heavy atom. The summed E-state index contributed by atoms with van der Waals surface area (Å²) in [4.78, 5) is 40.2. The van der Waals surface area contributed by atoms with E-state index in [2.05, 4.69) is 22.2 Å². The number of hydrogen-bond acceptors (Lipinski definition) is 5. The van der Waals surface area contributed by atoms with Crippen molar-refractivity contribution in [3.63, 3.8) is 0 Å². The Balaban J connectivity index is 1.57. The lowest BCUT2D eigenvalue weighted by Crippen LogP contribution is -2.34. The number of amides is 2. The van der Waals surface area contributed by atoms with Gasteiger partial charge >= 0.3 is 0 Å². The molecule has 1 aromatic carbocycles. The van der Waals surface area contributed by atoms with Crippen molar-refractivity contribution in [1.82, 2.24) is 14.9 Å². The molecule has 27 heavy (non-hydrogen) atoms. The van der Waals surface area contributed by atoms with E-state index in [0.29, 0.717) is 35.2 Å². The van der Waals surface area contributed by atoms with Crippen molar-refractivity contribution in [2.24, 2.45) is 0 Å². The molecule has 0 unspecified atom stereocenters. The first-order valence-electron chi connectivity index (χ1n) is 8.37. The first kappa shape index (κ1) is 17.2. The smallest absolute Gasteiger partial charge is 0.268 e. The van der Waals surface area contributed by atoms with Crippen LogP contribution in [0.5, 0.6) is 0 Å². The van der Waals surface area contributed by atoms with Gasteiger partial charge in [0, 0.05) is 34.9 Å². The van der Waals surface area contributed by atoms with E-state index in [0.717, 1.165) is 17.0 Å². The number of ketones is 1. The Kier molecular flexibility index (Phi) is 4.33. The Hall–Kier alpha value is -3.26. The largest absolute Gasteiger partial charge is 0.349 e. The lowest BCUT2D eigenvalue weighted by Gasteiger charge is -2.16. The van der Waals surface area contributed by atoms with E-state index < -0.39 is 0 Å². The number of Topliss-reactive ketones (excluding diaryl/α,β-unsaturated/α-hetero) is 1. The molecule has 0 spiro atoms. The zero-order valence-electron chi connectivity index (χ0n) is 14.3. The summed E-state index contributed by atoms with van der Waals surface area (Å²) in [7, 11) is 0. The lowest BCUT2D eigenvalue weighted by atomic mass is 10.1. The molecule has 0 aliphatic carbocycles. The summed E-state index contributed by atoms with van der Waals surface area (Å²) in [6.45, 7) is 4.65. The minimum Gasteiger partial charge on any atom is -0.349 e. The second kappa shape index (κ2) is 6.81. The molecule has 0 radical (unpaired) electrons. The number of carbonyl (C=O) groups excluding carboxylic acids is 3. The molecule has 3 heterocycles. The van der Waals surface area contributed by atoms with E-state index in [1.54, 1.807) is 11.4 Å². The number of aromatic nitrogens is 2. The number of carbonyl (C=O) groups is 3. The first-order chi connectivity index (χ1) is 13.0. The van der Waals surface area contributed by atoms with Crippen molar-refractivity contribution in [3.8, 4) is 0 Å². The number of rotatable bonds is 5. The molecule has 2 N–H and O–H groups in total. The maximum Gasteiger partial charge on any atom is 0.268 e. The minimum atomic E-state index is -0.342. The molecule has 0 fully saturated rings. The van der Waals surface area contributed by atoms with Crippen molar-refractivity contribution in [2.45, 2.75) is 13.0 Å². The third-order valence-electron chi connectivity index (χ3n) is 4.38. The molecule has 0 atom stereocenters. The number of benzene rings is 1. The molecule has 8 heteroatoms. The Labute approximate surface area is 158 Å². The standard InChI is InChI=1S/C19H16N4O3S/c1-2-17(25)21-16-10-27-18(22-16)9-15(24)12-4-3-11-7-14-19(26)20-5-6-23(14)13(11)8-12/h2-4,7-8,10H,1,5-6,9H2,(H,20,26)(H,21,25). The van der Waals surface area contributed by atoms with Gasteiger partial charge in [-0.25, -0.2) is 4.98 Å². The van der Waals surface area contributed by atoms with E-state index in [-0.39, 0.29) is 24.0 Å². The van der Waals surface area contributed by atoms with E-state index in [1.807, 2.05) is 22.8 Å².